The minimum atomic E-state index is -2.69. The number of rotatable bonds is 31. The SMILES string of the molecule is C=C(C)C(=O)OCCC[N+](C)(C)CC(=O)NC[Si](C)(CCCNC(=O)C[N+](C)(C)CCCO)O[Si](C)(C)O[Si](C)(C)CCCNC(=O)C[N+](C)(C)CCCO. The van der Waals surface area contributed by atoms with Crippen LogP contribution < -0.4 is 16.0 Å². The summed E-state index contributed by atoms with van der Waals surface area (Å²) in [5, 5.41) is 27.6. The molecule has 0 aromatic carbocycles. The molecule has 1 atom stereocenters. The molecule has 322 valence electrons. The smallest absolute Gasteiger partial charge is 0.333 e. The van der Waals surface area contributed by atoms with Crippen molar-refractivity contribution in [2.45, 2.75) is 83.9 Å². The van der Waals surface area contributed by atoms with Gasteiger partial charge in [0.1, 0.15) is 0 Å². The number of hydrogen-bond acceptors (Lipinski definition) is 9. The second-order valence-corrected chi connectivity index (χ2v) is 30.6. The van der Waals surface area contributed by atoms with Crippen LogP contribution in [0.15, 0.2) is 12.2 Å². The van der Waals surface area contributed by atoms with Gasteiger partial charge in [0.15, 0.2) is 36.3 Å². The average Bonchev–Trinajstić information content (AvgIpc) is 3.03. The van der Waals surface area contributed by atoms with Crippen LogP contribution in [0.2, 0.25) is 44.8 Å². The molecule has 0 saturated carbocycles. The number of nitrogens with one attached hydrogen (secondary N) is 3. The topological polar surface area (TPSA) is 173 Å². The van der Waals surface area contributed by atoms with Crippen LogP contribution in [0.4, 0.5) is 0 Å². The first kappa shape index (κ1) is 53.0. The quantitative estimate of drug-likeness (QED) is 0.0229. The Bertz CT molecular complexity index is 1220. The Morgan fingerprint density at radius 1 is 0.618 bits per heavy atom. The van der Waals surface area contributed by atoms with Crippen LogP contribution in [0.3, 0.4) is 0 Å². The minimum Gasteiger partial charge on any atom is -0.462 e. The van der Waals surface area contributed by atoms with Crippen molar-refractivity contribution in [1.82, 2.24) is 16.0 Å². The van der Waals surface area contributed by atoms with Crippen molar-refractivity contribution >= 4 is 48.9 Å². The molecule has 0 aromatic heterocycles. The highest BCUT2D eigenvalue weighted by Crippen LogP contribution is 2.26. The van der Waals surface area contributed by atoms with Gasteiger partial charge in [0.25, 0.3) is 17.7 Å². The largest absolute Gasteiger partial charge is 0.462 e. The molecule has 15 nitrogen and oxygen atoms in total. The standard InChI is InChI=1S/C37H78N6O9Si3/c1-33(2)37(49)50-26-18-23-43(7,8)31-36(48)40-32-55(13,28-15-20-39-35(47)30-42(5,6)22-17-25-45)52-54(11,12)51-53(9,10)27-14-19-38-34(46)29-41(3,4)21-16-24-44/h44-45H,1,14-32H2,2-13H3/p+3. The maximum atomic E-state index is 13.3. The molecule has 0 aliphatic heterocycles. The van der Waals surface area contributed by atoms with E-state index in [4.69, 9.17) is 18.1 Å². The lowest BCUT2D eigenvalue weighted by Crippen LogP contribution is -2.58. The molecule has 0 bridgehead atoms. The highest BCUT2D eigenvalue weighted by molar-refractivity contribution is 6.88. The number of quaternary nitrogens is 3. The number of hydrogen-bond donors (Lipinski definition) is 5. The van der Waals surface area contributed by atoms with Gasteiger partial charge in [0.05, 0.1) is 68.5 Å². The summed E-state index contributed by atoms with van der Waals surface area (Å²) in [4.78, 5) is 50.3. The van der Waals surface area contributed by atoms with Crippen LogP contribution in [-0.4, -0.2) is 193 Å². The highest BCUT2D eigenvalue weighted by Gasteiger charge is 2.42. The fourth-order valence-corrected chi connectivity index (χ4v) is 21.0. The summed E-state index contributed by atoms with van der Waals surface area (Å²) in [6.45, 7) is 20.4. The predicted octanol–water partition coefficient (Wildman–Crippen LogP) is 1.67. The van der Waals surface area contributed by atoms with Gasteiger partial charge in [-0.05, 0) is 64.6 Å². The molecule has 0 aliphatic rings. The van der Waals surface area contributed by atoms with Crippen molar-refractivity contribution in [2.75, 3.05) is 121 Å². The van der Waals surface area contributed by atoms with Crippen molar-refractivity contribution in [2.24, 2.45) is 0 Å². The zero-order chi connectivity index (χ0) is 42.6. The fourth-order valence-electron chi connectivity index (χ4n) is 6.57. The number of carbonyl (C=O) groups is 4. The van der Waals surface area contributed by atoms with Crippen LogP contribution in [0.1, 0.15) is 39.0 Å². The van der Waals surface area contributed by atoms with E-state index >= 15 is 0 Å². The number of aliphatic hydroxyl groups excluding tert-OH is 2. The predicted molar refractivity (Wildman–Crippen MR) is 226 cm³/mol. The Kier molecular flexibility index (Phi) is 23.8. The molecule has 55 heavy (non-hydrogen) atoms. The molecule has 0 radical (unpaired) electrons. The Morgan fingerprint density at radius 2 is 1.04 bits per heavy atom. The third kappa shape index (κ3) is 27.3. The van der Waals surface area contributed by atoms with E-state index in [1.807, 2.05) is 42.3 Å². The second kappa shape index (κ2) is 24.7. The van der Waals surface area contributed by atoms with Crippen LogP contribution in [0.5, 0.6) is 0 Å². The molecule has 3 amide bonds. The van der Waals surface area contributed by atoms with Gasteiger partial charge in [-0.1, -0.05) is 6.58 Å². The third-order valence-electron chi connectivity index (χ3n) is 9.20. The number of esters is 1. The summed E-state index contributed by atoms with van der Waals surface area (Å²) < 4.78 is 20.5. The molecule has 0 rings (SSSR count). The van der Waals surface area contributed by atoms with E-state index in [0.29, 0.717) is 96.2 Å². The summed E-state index contributed by atoms with van der Waals surface area (Å²) >= 11 is 0. The van der Waals surface area contributed by atoms with E-state index in [9.17, 15) is 24.3 Å². The van der Waals surface area contributed by atoms with Crippen molar-refractivity contribution < 1.29 is 55.8 Å². The van der Waals surface area contributed by atoms with Gasteiger partial charge in [-0.2, -0.15) is 0 Å². The molecule has 1 unspecified atom stereocenters. The number of amides is 3. The Labute approximate surface area is 336 Å². The van der Waals surface area contributed by atoms with Gasteiger partial charge in [0, 0.05) is 57.3 Å². The highest BCUT2D eigenvalue weighted by atomic mass is 28.5. The zero-order valence-corrected chi connectivity index (χ0v) is 39.7. The number of likely N-dealkylation sites (N-methyl/N-ethyl adjacent to an activating group) is 3. The molecule has 5 N–H and O–H groups in total. The lowest BCUT2D eigenvalue weighted by atomic mass is 10.3. The van der Waals surface area contributed by atoms with Gasteiger partial charge in [-0.3, -0.25) is 14.4 Å². The summed E-state index contributed by atoms with van der Waals surface area (Å²) in [5.74, 6) is -0.544. The lowest BCUT2D eigenvalue weighted by molar-refractivity contribution is -0.882. The van der Waals surface area contributed by atoms with Crippen molar-refractivity contribution in [3.05, 3.63) is 12.2 Å². The molecule has 0 heterocycles. The van der Waals surface area contributed by atoms with Crippen LogP contribution in [0, 0.1) is 0 Å². The molecular weight excluding hydrogens is 757 g/mol. The van der Waals surface area contributed by atoms with Gasteiger partial charge >= 0.3 is 14.5 Å². The number of carbonyl (C=O) groups excluding carboxylic acids is 4. The van der Waals surface area contributed by atoms with Crippen molar-refractivity contribution in [3.8, 4) is 0 Å². The number of nitrogens with zero attached hydrogens (tertiary/aromatic N) is 3. The molecule has 0 aliphatic carbocycles. The van der Waals surface area contributed by atoms with Crippen molar-refractivity contribution in [3.63, 3.8) is 0 Å². The van der Waals surface area contributed by atoms with E-state index < -0.39 is 31.2 Å². The van der Waals surface area contributed by atoms with Crippen LogP contribution >= 0.6 is 0 Å². The fraction of sp³-hybridized carbons (Fsp3) is 0.838. The summed E-state index contributed by atoms with van der Waals surface area (Å²) in [5.41, 5.74) is 0.358. The average molecular weight is 838 g/mol. The molecule has 0 saturated heterocycles. The van der Waals surface area contributed by atoms with Gasteiger partial charge in [-0.15, -0.1) is 0 Å². The van der Waals surface area contributed by atoms with E-state index in [1.165, 1.54) is 0 Å². The van der Waals surface area contributed by atoms with E-state index in [1.54, 1.807) is 6.92 Å². The van der Waals surface area contributed by atoms with Gasteiger partial charge in [-0.25, -0.2) is 4.79 Å². The minimum absolute atomic E-state index is 0.00266. The summed E-state index contributed by atoms with van der Waals surface area (Å²) in [7, 11) is 4.40. The maximum Gasteiger partial charge on any atom is 0.333 e. The first-order valence-electron chi connectivity index (χ1n) is 19.9. The number of aliphatic hydroxyl groups is 2. The maximum absolute atomic E-state index is 13.3. The van der Waals surface area contributed by atoms with Crippen LogP contribution in [-0.2, 0) is 32.1 Å². The zero-order valence-electron chi connectivity index (χ0n) is 36.7. The van der Waals surface area contributed by atoms with Crippen LogP contribution in [0.25, 0.3) is 0 Å². The van der Waals surface area contributed by atoms with E-state index in [2.05, 4.69) is 55.3 Å². The Morgan fingerprint density at radius 3 is 1.47 bits per heavy atom. The molecule has 18 heteroatoms. The normalized spacial score (nSPS) is 13.9. The monoisotopic (exact) mass is 838 g/mol. The van der Waals surface area contributed by atoms with Crippen molar-refractivity contribution in [1.29, 1.82) is 0 Å². The van der Waals surface area contributed by atoms with Gasteiger partial charge in [0.2, 0.25) is 0 Å². The summed E-state index contributed by atoms with van der Waals surface area (Å²) in [6.07, 6.45) is 3.80. The Balaban J connectivity index is 5.47. The van der Waals surface area contributed by atoms with Gasteiger partial charge < -0.3 is 52.6 Å². The molecular formula is C37H81N6O9Si3+3. The molecule has 0 fully saturated rings. The van der Waals surface area contributed by atoms with E-state index in [-0.39, 0.29) is 44.1 Å². The Hall–Kier alpha value is -2.01. The first-order valence-corrected chi connectivity index (χ1v) is 28.6. The molecule has 0 spiro atoms. The first-order chi connectivity index (χ1) is 25.2. The third-order valence-corrected chi connectivity index (χ3v) is 21.2. The second-order valence-electron chi connectivity index (χ2n) is 18.4. The lowest BCUT2D eigenvalue weighted by Gasteiger charge is -2.40. The summed E-state index contributed by atoms with van der Waals surface area (Å²) in [6, 6.07) is 1.56. The van der Waals surface area contributed by atoms with E-state index in [0.717, 1.165) is 19.0 Å². The number of ether oxygens (including phenoxy) is 1. The molecule has 0 aromatic rings.